The summed E-state index contributed by atoms with van der Waals surface area (Å²) in [5.74, 6) is -0.907. The lowest BCUT2D eigenvalue weighted by atomic mass is 10.1. The molecule has 0 saturated carbocycles. The van der Waals surface area contributed by atoms with Gasteiger partial charge in [-0.2, -0.15) is 0 Å². The lowest BCUT2D eigenvalue weighted by Crippen LogP contribution is -2.50. The van der Waals surface area contributed by atoms with E-state index in [1.165, 1.54) is 140 Å². The maximum atomic E-state index is 10.1. The van der Waals surface area contributed by atoms with Gasteiger partial charge in [-0.15, -0.1) is 0 Å². The molecule has 200 valence electrons. The molecule has 0 spiro atoms. The molecule has 0 atom stereocenters. The zero-order chi connectivity index (χ0) is 25.0. The highest BCUT2D eigenvalue weighted by Crippen LogP contribution is 2.16. The summed E-state index contributed by atoms with van der Waals surface area (Å²) in [4.78, 5) is 10.1. The van der Waals surface area contributed by atoms with E-state index in [1.807, 2.05) is 0 Å². The third-order valence-corrected chi connectivity index (χ3v) is 6.93. The third-order valence-electron chi connectivity index (χ3n) is 6.93. The van der Waals surface area contributed by atoms with E-state index in [-0.39, 0.29) is 6.42 Å². The van der Waals surface area contributed by atoms with Gasteiger partial charge in [0.25, 0.3) is 0 Å². The van der Waals surface area contributed by atoms with Crippen LogP contribution in [0, 0.1) is 0 Å². The van der Waals surface area contributed by atoms with Crippen molar-refractivity contribution in [2.24, 2.45) is 0 Å². The first kappa shape index (κ1) is 34.6. The average Bonchev–Trinajstić information content (AvgIpc) is 2.82. The molecule has 0 radical (unpaired) electrons. The molecule has 0 aromatic rings. The molecule has 0 saturated heterocycles. The van der Waals surface area contributed by atoms with Gasteiger partial charge >= 0.3 is 0 Å². The second-order valence-corrected chi connectivity index (χ2v) is 10.3. The molecule has 0 aliphatic rings. The number of carbonyl (C=O) groups excluding carboxylic acids is 1. The minimum absolute atomic E-state index is 0.233. The van der Waals surface area contributed by atoms with Crippen LogP contribution in [0.2, 0.25) is 0 Å². The van der Waals surface area contributed by atoms with Crippen LogP contribution in [0.15, 0.2) is 0 Å². The standard InChI is InChI=1S/C16H36N.C14H28O2/c1-5-9-13-17(14-10-6-2,15-11-7-3)16-12-8-4;1-2-3-4-5-6-7-8-9-10-11-12-13-14(15)16/h5-16H2,1-4H3;2-13H2,1H3,(H,15,16)/q+1;/p-1. The first-order chi connectivity index (χ1) is 16.0. The summed E-state index contributed by atoms with van der Waals surface area (Å²) in [7, 11) is 0. The Kier molecular flexibility index (Phi) is 29.0. The number of quaternary nitrogens is 1. The van der Waals surface area contributed by atoms with Gasteiger partial charge in [0.1, 0.15) is 0 Å². The zero-order valence-electron chi connectivity index (χ0n) is 23.7. The average molecular weight is 470 g/mol. The molecule has 0 heterocycles. The molecular weight excluding hydrogens is 406 g/mol. The second kappa shape index (κ2) is 27.7. The lowest BCUT2D eigenvalue weighted by Gasteiger charge is -2.39. The molecule has 0 rings (SSSR count). The molecule has 0 fully saturated rings. The van der Waals surface area contributed by atoms with E-state index in [9.17, 15) is 9.90 Å². The van der Waals surface area contributed by atoms with Gasteiger partial charge in [-0.1, -0.05) is 125 Å². The van der Waals surface area contributed by atoms with Gasteiger partial charge in [0.15, 0.2) is 0 Å². The van der Waals surface area contributed by atoms with E-state index in [2.05, 4.69) is 34.6 Å². The Bertz CT molecular complexity index is 346. The van der Waals surface area contributed by atoms with Crippen molar-refractivity contribution >= 4 is 5.97 Å². The van der Waals surface area contributed by atoms with E-state index in [0.717, 1.165) is 12.8 Å². The molecular formula is C30H63NO2. The van der Waals surface area contributed by atoms with Crippen LogP contribution in [-0.2, 0) is 4.79 Å². The molecule has 0 amide bonds. The first-order valence-electron chi connectivity index (χ1n) is 15.1. The number of unbranched alkanes of at least 4 members (excludes halogenated alkanes) is 14. The molecule has 0 unspecified atom stereocenters. The van der Waals surface area contributed by atoms with Crippen LogP contribution in [0.25, 0.3) is 0 Å². The quantitative estimate of drug-likeness (QED) is 0.105. The molecule has 3 nitrogen and oxygen atoms in total. The third kappa shape index (κ3) is 25.9. The summed E-state index contributed by atoms with van der Waals surface area (Å²) in [5, 5.41) is 10.1. The van der Waals surface area contributed by atoms with E-state index < -0.39 is 5.97 Å². The predicted octanol–water partition coefficient (Wildman–Crippen LogP) is 8.44. The number of rotatable bonds is 24. The summed E-state index contributed by atoms with van der Waals surface area (Å²) < 4.78 is 1.42. The largest absolute Gasteiger partial charge is 0.550 e. The highest BCUT2D eigenvalue weighted by molar-refractivity contribution is 5.63. The molecule has 0 aliphatic carbocycles. The van der Waals surface area contributed by atoms with Gasteiger partial charge in [-0.3, -0.25) is 0 Å². The van der Waals surface area contributed by atoms with Crippen LogP contribution in [0.5, 0.6) is 0 Å². The summed E-state index contributed by atoms with van der Waals surface area (Å²) >= 11 is 0. The van der Waals surface area contributed by atoms with Crippen molar-refractivity contribution in [1.29, 1.82) is 0 Å². The fourth-order valence-electron chi connectivity index (χ4n) is 4.58. The van der Waals surface area contributed by atoms with Crippen molar-refractivity contribution in [3.63, 3.8) is 0 Å². The van der Waals surface area contributed by atoms with E-state index in [0.29, 0.717) is 0 Å². The van der Waals surface area contributed by atoms with Gasteiger partial charge in [0, 0.05) is 5.97 Å². The fraction of sp³-hybridized carbons (Fsp3) is 0.967. The van der Waals surface area contributed by atoms with Crippen molar-refractivity contribution in [2.45, 2.75) is 163 Å². The maximum Gasteiger partial charge on any atom is 0.0786 e. The number of hydrogen-bond donors (Lipinski definition) is 0. The Morgan fingerprint density at radius 3 is 1.00 bits per heavy atom. The predicted molar refractivity (Wildman–Crippen MR) is 145 cm³/mol. The van der Waals surface area contributed by atoms with Gasteiger partial charge in [0.2, 0.25) is 0 Å². The van der Waals surface area contributed by atoms with Crippen molar-refractivity contribution in [3.05, 3.63) is 0 Å². The van der Waals surface area contributed by atoms with Gasteiger partial charge in [0.05, 0.1) is 26.2 Å². The maximum absolute atomic E-state index is 10.1. The monoisotopic (exact) mass is 469 g/mol. The molecule has 0 N–H and O–H groups in total. The van der Waals surface area contributed by atoms with Crippen molar-refractivity contribution < 1.29 is 14.4 Å². The number of hydrogen-bond acceptors (Lipinski definition) is 2. The van der Waals surface area contributed by atoms with Crippen molar-refractivity contribution in [3.8, 4) is 0 Å². The number of carbonyl (C=O) groups is 1. The summed E-state index contributed by atoms with van der Waals surface area (Å²) in [6, 6.07) is 0. The molecule has 0 aromatic heterocycles. The van der Waals surface area contributed by atoms with Crippen LogP contribution in [-0.4, -0.2) is 36.6 Å². The molecule has 0 aliphatic heterocycles. The zero-order valence-corrected chi connectivity index (χ0v) is 23.7. The molecule has 3 heteroatoms. The highest BCUT2D eigenvalue weighted by atomic mass is 16.4. The Hall–Kier alpha value is -0.570. The smallest absolute Gasteiger partial charge is 0.0786 e. The van der Waals surface area contributed by atoms with E-state index in [4.69, 9.17) is 0 Å². The summed E-state index contributed by atoms with van der Waals surface area (Å²) in [5.41, 5.74) is 0. The lowest BCUT2D eigenvalue weighted by molar-refractivity contribution is -0.929. The first-order valence-corrected chi connectivity index (χ1v) is 15.1. The topological polar surface area (TPSA) is 40.1 Å². The Morgan fingerprint density at radius 1 is 0.455 bits per heavy atom. The van der Waals surface area contributed by atoms with Crippen LogP contribution in [0.1, 0.15) is 163 Å². The Morgan fingerprint density at radius 2 is 0.727 bits per heavy atom. The molecule has 0 bridgehead atoms. The summed E-state index contributed by atoms with van der Waals surface area (Å²) in [6.45, 7) is 17.3. The minimum Gasteiger partial charge on any atom is -0.550 e. The van der Waals surface area contributed by atoms with Crippen molar-refractivity contribution in [1.82, 2.24) is 0 Å². The van der Waals surface area contributed by atoms with E-state index in [1.54, 1.807) is 0 Å². The number of carboxylic acid groups (broad SMARTS) is 1. The minimum atomic E-state index is -0.907. The van der Waals surface area contributed by atoms with Crippen LogP contribution >= 0.6 is 0 Å². The SMILES string of the molecule is CCCCCCCCCCCCCC(=O)[O-].CCCC[N+](CCCC)(CCCC)CCCC. The van der Waals surface area contributed by atoms with Crippen LogP contribution in [0.3, 0.4) is 0 Å². The Labute approximate surface area is 209 Å². The van der Waals surface area contributed by atoms with Gasteiger partial charge < -0.3 is 14.4 Å². The second-order valence-electron chi connectivity index (χ2n) is 10.3. The fourth-order valence-corrected chi connectivity index (χ4v) is 4.58. The normalized spacial score (nSPS) is 11.3. The van der Waals surface area contributed by atoms with Crippen LogP contribution < -0.4 is 5.11 Å². The Balaban J connectivity index is 0. The number of carboxylic acids is 1. The molecule has 33 heavy (non-hydrogen) atoms. The van der Waals surface area contributed by atoms with Gasteiger partial charge in [-0.05, 0) is 38.5 Å². The van der Waals surface area contributed by atoms with Crippen molar-refractivity contribution in [2.75, 3.05) is 26.2 Å². The van der Waals surface area contributed by atoms with Crippen LogP contribution in [0.4, 0.5) is 0 Å². The summed E-state index contributed by atoms with van der Waals surface area (Å²) in [6.07, 6.45) is 25.1. The highest BCUT2D eigenvalue weighted by Gasteiger charge is 2.24. The molecule has 0 aromatic carbocycles. The van der Waals surface area contributed by atoms with Gasteiger partial charge in [-0.25, -0.2) is 0 Å². The number of aliphatic carboxylic acids is 1. The van der Waals surface area contributed by atoms with E-state index >= 15 is 0 Å². The number of nitrogens with zero attached hydrogens (tertiary/aromatic N) is 1.